The minimum Gasteiger partial charge on any atom is -0.327 e. The summed E-state index contributed by atoms with van der Waals surface area (Å²) in [7, 11) is 0. The zero-order valence-corrected chi connectivity index (χ0v) is 9.43. The highest BCUT2D eigenvalue weighted by Gasteiger charge is 2.04. The Labute approximate surface area is 91.9 Å². The predicted molar refractivity (Wildman–Crippen MR) is 60.6 cm³/mol. The van der Waals surface area contributed by atoms with Gasteiger partial charge in [0.05, 0.1) is 4.47 Å². The van der Waals surface area contributed by atoms with Gasteiger partial charge in [-0.2, -0.15) is 0 Å². The molecule has 0 saturated heterocycles. The highest BCUT2D eigenvalue weighted by Crippen LogP contribution is 2.17. The summed E-state index contributed by atoms with van der Waals surface area (Å²) in [5, 5.41) is 0. The van der Waals surface area contributed by atoms with E-state index in [1.807, 2.05) is 0 Å². The highest BCUT2D eigenvalue weighted by atomic mass is 79.9. The molecule has 0 aliphatic heterocycles. The molecule has 76 valence electrons. The molecule has 0 aliphatic carbocycles. The molecule has 0 aromatic heterocycles. The van der Waals surface area contributed by atoms with Crippen LogP contribution < -0.4 is 5.73 Å². The Kier molecular flexibility index (Phi) is 4.29. The lowest BCUT2D eigenvalue weighted by Gasteiger charge is -2.09. The molecule has 0 heterocycles. The third-order valence-corrected chi connectivity index (χ3v) is 2.56. The van der Waals surface area contributed by atoms with Crippen LogP contribution in [0, 0.1) is 5.82 Å². The van der Waals surface area contributed by atoms with Crippen molar-refractivity contribution >= 4 is 15.9 Å². The maximum Gasteiger partial charge on any atom is 0.137 e. The van der Waals surface area contributed by atoms with Crippen molar-refractivity contribution < 1.29 is 4.39 Å². The molecule has 0 spiro atoms. The van der Waals surface area contributed by atoms with Crippen molar-refractivity contribution in [1.29, 1.82) is 0 Å². The quantitative estimate of drug-likeness (QED) is 0.825. The van der Waals surface area contributed by atoms with Crippen LogP contribution in [-0.4, -0.2) is 6.04 Å². The predicted octanol–water partition coefficient (Wildman–Crippen LogP) is 3.03. The molecule has 1 nitrogen and oxygen atoms in total. The molecule has 1 aromatic rings. The second kappa shape index (κ2) is 5.27. The topological polar surface area (TPSA) is 26.0 Å². The average molecular weight is 258 g/mol. The molecular weight excluding hydrogens is 245 g/mol. The van der Waals surface area contributed by atoms with Crippen LogP contribution in [0.15, 0.2) is 35.3 Å². The minimum atomic E-state index is -0.244. The highest BCUT2D eigenvalue weighted by molar-refractivity contribution is 9.10. The van der Waals surface area contributed by atoms with Crippen LogP contribution in [0.4, 0.5) is 4.39 Å². The Hall–Kier alpha value is -0.670. The largest absolute Gasteiger partial charge is 0.327 e. The van der Waals surface area contributed by atoms with E-state index >= 15 is 0 Å². The van der Waals surface area contributed by atoms with E-state index in [4.69, 9.17) is 5.73 Å². The van der Waals surface area contributed by atoms with Crippen LogP contribution in [-0.2, 0) is 6.42 Å². The molecule has 0 saturated carbocycles. The van der Waals surface area contributed by atoms with E-state index in [9.17, 15) is 4.39 Å². The van der Waals surface area contributed by atoms with Crippen molar-refractivity contribution in [2.75, 3.05) is 0 Å². The van der Waals surface area contributed by atoms with Crippen LogP contribution >= 0.6 is 15.9 Å². The standard InChI is InChI=1S/C11H13BrFN/c1-2-3-9(14)6-8-4-5-11(13)10(12)7-8/h2,4-5,7,9H,1,3,6,14H2. The fourth-order valence-corrected chi connectivity index (χ4v) is 1.69. The molecule has 1 rings (SSSR count). The molecular formula is C11H13BrFN. The van der Waals surface area contributed by atoms with E-state index in [1.165, 1.54) is 6.07 Å². The van der Waals surface area contributed by atoms with Gasteiger partial charge in [-0.25, -0.2) is 4.39 Å². The van der Waals surface area contributed by atoms with Gasteiger partial charge >= 0.3 is 0 Å². The number of hydrogen-bond donors (Lipinski definition) is 1. The van der Waals surface area contributed by atoms with Gasteiger partial charge in [0.15, 0.2) is 0 Å². The maximum atomic E-state index is 12.9. The van der Waals surface area contributed by atoms with Crippen molar-refractivity contribution in [2.45, 2.75) is 18.9 Å². The third kappa shape index (κ3) is 3.24. The van der Waals surface area contributed by atoms with Gasteiger partial charge in [0.25, 0.3) is 0 Å². The van der Waals surface area contributed by atoms with E-state index in [0.29, 0.717) is 4.47 Å². The van der Waals surface area contributed by atoms with Crippen LogP contribution in [0.3, 0.4) is 0 Å². The molecule has 0 bridgehead atoms. The van der Waals surface area contributed by atoms with Crippen LogP contribution in [0.2, 0.25) is 0 Å². The van der Waals surface area contributed by atoms with Crippen LogP contribution in [0.1, 0.15) is 12.0 Å². The number of benzene rings is 1. The molecule has 2 N–H and O–H groups in total. The monoisotopic (exact) mass is 257 g/mol. The number of halogens is 2. The van der Waals surface area contributed by atoms with Gasteiger partial charge in [0.1, 0.15) is 5.82 Å². The van der Waals surface area contributed by atoms with Gasteiger partial charge < -0.3 is 5.73 Å². The van der Waals surface area contributed by atoms with Crippen molar-refractivity contribution in [3.63, 3.8) is 0 Å². The van der Waals surface area contributed by atoms with Crippen molar-refractivity contribution in [3.05, 3.63) is 46.7 Å². The molecule has 1 atom stereocenters. The van der Waals surface area contributed by atoms with Crippen LogP contribution in [0.25, 0.3) is 0 Å². The van der Waals surface area contributed by atoms with Gasteiger partial charge in [-0.05, 0) is 46.5 Å². The zero-order chi connectivity index (χ0) is 10.6. The van der Waals surface area contributed by atoms with Gasteiger partial charge in [-0.1, -0.05) is 12.1 Å². The molecule has 3 heteroatoms. The first-order valence-corrected chi connectivity index (χ1v) is 5.23. The summed E-state index contributed by atoms with van der Waals surface area (Å²) < 4.78 is 13.4. The van der Waals surface area contributed by atoms with Gasteiger partial charge in [-0.15, -0.1) is 6.58 Å². The van der Waals surface area contributed by atoms with E-state index in [2.05, 4.69) is 22.5 Å². The Balaban J connectivity index is 2.67. The van der Waals surface area contributed by atoms with Crippen molar-refractivity contribution in [2.24, 2.45) is 5.73 Å². The first kappa shape index (κ1) is 11.4. The second-order valence-corrected chi connectivity index (χ2v) is 4.09. The Morgan fingerprint density at radius 2 is 2.29 bits per heavy atom. The summed E-state index contributed by atoms with van der Waals surface area (Å²) in [5.41, 5.74) is 6.86. The normalized spacial score (nSPS) is 12.5. The fraction of sp³-hybridized carbons (Fsp3) is 0.273. The summed E-state index contributed by atoms with van der Waals surface area (Å²) in [6.45, 7) is 3.62. The van der Waals surface area contributed by atoms with E-state index < -0.39 is 0 Å². The Morgan fingerprint density at radius 1 is 1.57 bits per heavy atom. The minimum absolute atomic E-state index is 0.0601. The molecule has 0 radical (unpaired) electrons. The number of hydrogen-bond acceptors (Lipinski definition) is 1. The van der Waals surface area contributed by atoms with E-state index in [1.54, 1.807) is 18.2 Å². The summed E-state index contributed by atoms with van der Waals surface area (Å²) in [4.78, 5) is 0. The van der Waals surface area contributed by atoms with Gasteiger partial charge in [0.2, 0.25) is 0 Å². The van der Waals surface area contributed by atoms with Gasteiger partial charge in [0, 0.05) is 6.04 Å². The number of rotatable bonds is 4. The Morgan fingerprint density at radius 3 is 2.86 bits per heavy atom. The van der Waals surface area contributed by atoms with Gasteiger partial charge in [-0.3, -0.25) is 0 Å². The summed E-state index contributed by atoms with van der Waals surface area (Å²) in [5.74, 6) is -0.244. The smallest absolute Gasteiger partial charge is 0.137 e. The summed E-state index contributed by atoms with van der Waals surface area (Å²) in [6.07, 6.45) is 3.31. The third-order valence-electron chi connectivity index (χ3n) is 1.95. The summed E-state index contributed by atoms with van der Waals surface area (Å²) >= 11 is 3.14. The van der Waals surface area contributed by atoms with E-state index in [0.717, 1.165) is 18.4 Å². The SMILES string of the molecule is C=CCC(N)Cc1ccc(F)c(Br)c1. The first-order chi connectivity index (χ1) is 6.63. The lowest BCUT2D eigenvalue weighted by molar-refractivity contribution is 0.617. The Bertz CT molecular complexity index is 325. The molecule has 1 unspecified atom stereocenters. The second-order valence-electron chi connectivity index (χ2n) is 3.24. The van der Waals surface area contributed by atoms with Crippen LogP contribution in [0.5, 0.6) is 0 Å². The zero-order valence-electron chi connectivity index (χ0n) is 7.84. The summed E-state index contributed by atoms with van der Waals surface area (Å²) in [6, 6.07) is 5.02. The van der Waals surface area contributed by atoms with E-state index in [-0.39, 0.29) is 11.9 Å². The lowest BCUT2D eigenvalue weighted by Crippen LogP contribution is -2.21. The van der Waals surface area contributed by atoms with Crippen molar-refractivity contribution in [1.82, 2.24) is 0 Å². The first-order valence-electron chi connectivity index (χ1n) is 4.44. The number of nitrogens with two attached hydrogens (primary N) is 1. The molecule has 0 aliphatic rings. The fourth-order valence-electron chi connectivity index (χ4n) is 1.27. The molecule has 0 amide bonds. The average Bonchev–Trinajstić information content (AvgIpc) is 2.12. The molecule has 14 heavy (non-hydrogen) atoms. The molecule has 1 aromatic carbocycles. The van der Waals surface area contributed by atoms with Crippen molar-refractivity contribution in [3.8, 4) is 0 Å². The molecule has 0 fully saturated rings. The lowest BCUT2D eigenvalue weighted by atomic mass is 10.0. The maximum absolute atomic E-state index is 12.9.